The fourth-order valence-electron chi connectivity index (χ4n) is 4.59. The number of rotatable bonds is 8. The minimum absolute atomic E-state index is 0.191. The van der Waals surface area contributed by atoms with Crippen molar-refractivity contribution in [3.8, 4) is 28.0 Å². The highest BCUT2D eigenvalue weighted by Crippen LogP contribution is 2.40. The van der Waals surface area contributed by atoms with Crippen LogP contribution in [0.2, 0.25) is 0 Å². The predicted octanol–water partition coefficient (Wildman–Crippen LogP) is 7.78. The Morgan fingerprint density at radius 1 is 0.932 bits per heavy atom. The first-order valence-corrected chi connectivity index (χ1v) is 16.4. The number of nitrogens with zero attached hydrogens (tertiary/aromatic N) is 2. The fourth-order valence-corrected chi connectivity index (χ4v) is 5.90. The molecular weight excluding hydrogens is 599 g/mol. The summed E-state index contributed by atoms with van der Waals surface area (Å²) in [7, 11) is -2.19. The van der Waals surface area contributed by atoms with Crippen LogP contribution in [-0.4, -0.2) is 37.8 Å². The number of pyridine rings is 1. The molecule has 12 heteroatoms. The number of thiazole rings is 1. The zero-order valence-corrected chi connectivity index (χ0v) is 26.8. The van der Waals surface area contributed by atoms with Crippen molar-refractivity contribution in [2.45, 2.75) is 33.1 Å². The summed E-state index contributed by atoms with van der Waals surface area (Å²) in [5.74, 6) is 1.41. The van der Waals surface area contributed by atoms with Crippen LogP contribution in [0.5, 0.6) is 17.2 Å². The molecule has 44 heavy (non-hydrogen) atoms. The van der Waals surface area contributed by atoms with Crippen molar-refractivity contribution in [3.05, 3.63) is 83.5 Å². The molecule has 5 rings (SSSR count). The number of nitrogens with one attached hydrogen (secondary N) is 3. The van der Waals surface area contributed by atoms with Gasteiger partial charge in [-0.05, 0) is 48.2 Å². The third-order valence-corrected chi connectivity index (χ3v) is 8.21. The lowest BCUT2D eigenvalue weighted by atomic mass is 9.86. The van der Waals surface area contributed by atoms with Gasteiger partial charge >= 0.3 is 6.03 Å². The molecule has 0 spiro atoms. The largest absolute Gasteiger partial charge is 0.492 e. The number of benzene rings is 3. The van der Waals surface area contributed by atoms with Gasteiger partial charge in [-0.3, -0.25) is 9.71 Å². The summed E-state index contributed by atoms with van der Waals surface area (Å²) in [5.41, 5.74) is 3.22. The highest BCUT2D eigenvalue weighted by atomic mass is 32.2. The van der Waals surface area contributed by atoms with Gasteiger partial charge in [-0.15, -0.1) is 11.3 Å². The van der Waals surface area contributed by atoms with E-state index in [2.05, 4.69) is 25.3 Å². The van der Waals surface area contributed by atoms with Crippen LogP contribution in [0, 0.1) is 6.92 Å². The number of methoxy groups -OCH3 is 1. The molecule has 0 atom stereocenters. The minimum Gasteiger partial charge on any atom is -0.492 e. The van der Waals surface area contributed by atoms with Gasteiger partial charge < -0.3 is 20.1 Å². The number of sulfonamides is 1. The number of carbonyl (C=O) groups is 1. The lowest BCUT2D eigenvalue weighted by molar-refractivity contribution is 0.262. The Labute approximate surface area is 260 Å². The average Bonchev–Trinajstić information content (AvgIpc) is 3.39. The molecule has 0 aliphatic heterocycles. The van der Waals surface area contributed by atoms with Crippen LogP contribution < -0.4 is 24.8 Å². The second-order valence-electron chi connectivity index (χ2n) is 11.2. The third kappa shape index (κ3) is 7.09. The smallest absolute Gasteiger partial charge is 0.323 e. The molecule has 2 amide bonds. The van der Waals surface area contributed by atoms with Crippen LogP contribution in [0.25, 0.3) is 21.5 Å². The van der Waals surface area contributed by atoms with Crippen molar-refractivity contribution in [2.24, 2.45) is 0 Å². The van der Waals surface area contributed by atoms with E-state index in [1.807, 2.05) is 63.4 Å². The lowest BCUT2D eigenvalue weighted by Crippen LogP contribution is -2.22. The van der Waals surface area contributed by atoms with Crippen molar-refractivity contribution >= 4 is 55.2 Å². The molecule has 0 saturated heterocycles. The standard InChI is InChI=1S/C32H33N5O5S2/c1-19-18-43-30(34-19)27-17-21(13-14-33-27)42-28-12-11-24(22-9-7-8-10-23(22)28)35-31(38)36-25-15-20(32(2,3)4)16-26(29(25)41-5)37-44(6,39)40/h7-18,37H,1-6H3,(H2,35,36,38). The van der Waals surface area contributed by atoms with Crippen molar-refractivity contribution in [1.82, 2.24) is 9.97 Å². The Balaban J connectivity index is 1.43. The molecule has 0 aliphatic rings. The number of fused-ring (bicyclic) bond motifs is 1. The summed E-state index contributed by atoms with van der Waals surface area (Å²) < 4.78 is 38.4. The molecule has 0 fully saturated rings. The molecule has 0 bridgehead atoms. The van der Waals surface area contributed by atoms with Gasteiger partial charge in [-0.2, -0.15) is 0 Å². The first-order chi connectivity index (χ1) is 20.8. The van der Waals surface area contributed by atoms with E-state index in [1.165, 1.54) is 18.4 Å². The quantitative estimate of drug-likeness (QED) is 0.159. The second kappa shape index (κ2) is 12.1. The number of aryl methyl sites for hydroxylation is 1. The van der Waals surface area contributed by atoms with Gasteiger partial charge in [0.15, 0.2) is 5.75 Å². The van der Waals surface area contributed by atoms with Gasteiger partial charge in [-0.1, -0.05) is 45.0 Å². The molecule has 0 aliphatic carbocycles. The van der Waals surface area contributed by atoms with E-state index in [-0.39, 0.29) is 16.9 Å². The summed E-state index contributed by atoms with van der Waals surface area (Å²) in [6, 6.07) is 17.7. The number of aromatic nitrogens is 2. The van der Waals surface area contributed by atoms with Crippen molar-refractivity contribution in [2.75, 3.05) is 28.7 Å². The molecule has 0 unspecified atom stereocenters. The molecule has 10 nitrogen and oxygen atoms in total. The molecule has 3 aromatic carbocycles. The SMILES string of the molecule is COc1c(NC(=O)Nc2ccc(Oc3ccnc(-c4nc(C)cs4)c3)c3ccccc23)cc(C(C)(C)C)cc1NS(C)(=O)=O. The van der Waals surface area contributed by atoms with Crippen LogP contribution in [0.4, 0.5) is 21.9 Å². The summed E-state index contributed by atoms with van der Waals surface area (Å²) in [6.45, 7) is 7.91. The molecule has 0 saturated carbocycles. The van der Waals surface area contributed by atoms with E-state index in [9.17, 15) is 13.2 Å². The topological polar surface area (TPSA) is 132 Å². The number of anilines is 3. The van der Waals surface area contributed by atoms with Crippen LogP contribution in [0.3, 0.4) is 0 Å². The Morgan fingerprint density at radius 3 is 2.30 bits per heavy atom. The van der Waals surface area contributed by atoms with Gasteiger partial charge in [0.1, 0.15) is 22.2 Å². The zero-order valence-electron chi connectivity index (χ0n) is 25.2. The normalized spacial score (nSPS) is 11.7. The number of urea groups is 1. The summed E-state index contributed by atoms with van der Waals surface area (Å²) >= 11 is 1.52. The van der Waals surface area contributed by atoms with Crippen molar-refractivity contribution < 1.29 is 22.7 Å². The van der Waals surface area contributed by atoms with Crippen molar-refractivity contribution in [1.29, 1.82) is 0 Å². The van der Waals surface area contributed by atoms with Crippen LogP contribution >= 0.6 is 11.3 Å². The Bertz CT molecular complexity index is 1970. The third-order valence-electron chi connectivity index (χ3n) is 6.63. The predicted molar refractivity (Wildman–Crippen MR) is 177 cm³/mol. The van der Waals surface area contributed by atoms with E-state index in [0.717, 1.165) is 39.0 Å². The summed E-state index contributed by atoms with van der Waals surface area (Å²) in [6.07, 6.45) is 2.74. The molecular formula is C32H33N5O5S2. The molecule has 228 valence electrons. The number of hydrogen-bond donors (Lipinski definition) is 3. The van der Waals surface area contributed by atoms with E-state index in [1.54, 1.807) is 36.5 Å². The molecule has 3 N–H and O–H groups in total. The molecule has 2 aromatic heterocycles. The summed E-state index contributed by atoms with van der Waals surface area (Å²) in [5, 5.41) is 10.1. The fraction of sp³-hybridized carbons (Fsp3) is 0.219. The minimum atomic E-state index is -3.61. The second-order valence-corrected chi connectivity index (χ2v) is 13.8. The number of carbonyl (C=O) groups excluding carboxylic acids is 1. The number of ether oxygens (including phenoxy) is 2. The van der Waals surface area contributed by atoms with E-state index >= 15 is 0 Å². The average molecular weight is 632 g/mol. The van der Waals surface area contributed by atoms with E-state index < -0.39 is 16.1 Å². The maximum atomic E-state index is 13.3. The van der Waals surface area contributed by atoms with Gasteiger partial charge in [0.25, 0.3) is 0 Å². The van der Waals surface area contributed by atoms with E-state index in [0.29, 0.717) is 22.9 Å². The monoisotopic (exact) mass is 631 g/mol. The highest BCUT2D eigenvalue weighted by Gasteiger charge is 2.22. The van der Waals surface area contributed by atoms with E-state index in [4.69, 9.17) is 9.47 Å². The van der Waals surface area contributed by atoms with Crippen LogP contribution in [0.15, 0.2) is 72.2 Å². The van der Waals surface area contributed by atoms with Crippen molar-refractivity contribution in [3.63, 3.8) is 0 Å². The number of hydrogen-bond acceptors (Lipinski definition) is 8. The molecule has 2 heterocycles. The lowest BCUT2D eigenvalue weighted by Gasteiger charge is -2.24. The maximum Gasteiger partial charge on any atom is 0.323 e. The van der Waals surface area contributed by atoms with Gasteiger partial charge in [0, 0.05) is 34.1 Å². The van der Waals surface area contributed by atoms with Gasteiger partial charge in [0.05, 0.1) is 30.4 Å². The maximum absolute atomic E-state index is 13.3. The van der Waals surface area contributed by atoms with Crippen LogP contribution in [0.1, 0.15) is 32.0 Å². The Kier molecular flexibility index (Phi) is 8.49. The summed E-state index contributed by atoms with van der Waals surface area (Å²) in [4.78, 5) is 22.3. The zero-order chi connectivity index (χ0) is 31.6. The molecule has 0 radical (unpaired) electrons. The number of amides is 2. The van der Waals surface area contributed by atoms with Gasteiger partial charge in [-0.25, -0.2) is 18.2 Å². The Hall–Kier alpha value is -4.68. The van der Waals surface area contributed by atoms with Gasteiger partial charge in [0.2, 0.25) is 10.0 Å². The highest BCUT2D eigenvalue weighted by molar-refractivity contribution is 7.92. The molecule has 5 aromatic rings. The van der Waals surface area contributed by atoms with Crippen LogP contribution in [-0.2, 0) is 15.4 Å². The first kappa shape index (κ1) is 30.8. The first-order valence-electron chi connectivity index (χ1n) is 13.7. The Morgan fingerprint density at radius 2 is 1.64 bits per heavy atom.